The van der Waals surface area contributed by atoms with E-state index < -0.39 is 5.91 Å². The lowest BCUT2D eigenvalue weighted by molar-refractivity contribution is -0.119. The quantitative estimate of drug-likeness (QED) is 0.495. The Kier molecular flexibility index (Phi) is 7.28. The third-order valence-electron chi connectivity index (χ3n) is 3.62. The maximum atomic E-state index is 10.7. The van der Waals surface area contributed by atoms with E-state index in [-0.39, 0.29) is 6.61 Å². The Morgan fingerprint density at radius 2 is 2.00 bits per heavy atom. The summed E-state index contributed by atoms with van der Waals surface area (Å²) in [6.45, 7) is 3.55. The van der Waals surface area contributed by atoms with Gasteiger partial charge in [0.05, 0.1) is 6.54 Å². The van der Waals surface area contributed by atoms with E-state index in [2.05, 4.69) is 34.0 Å². The molecule has 25 heavy (non-hydrogen) atoms. The monoisotopic (exact) mass is 360 g/mol. The Hall–Kier alpha value is -2.54. The highest BCUT2D eigenvalue weighted by molar-refractivity contribution is 7.10. The molecule has 0 spiro atoms. The second-order valence-electron chi connectivity index (χ2n) is 5.53. The molecule has 0 bridgehead atoms. The number of thiophene rings is 1. The fourth-order valence-corrected chi connectivity index (χ4v) is 3.05. The molecule has 1 amide bonds. The van der Waals surface area contributed by atoms with Crippen molar-refractivity contribution in [3.63, 3.8) is 0 Å². The summed E-state index contributed by atoms with van der Waals surface area (Å²) in [5, 5.41) is 8.72. The van der Waals surface area contributed by atoms with Gasteiger partial charge in [0, 0.05) is 18.5 Å². The first-order valence-electron chi connectivity index (χ1n) is 8.06. The summed E-state index contributed by atoms with van der Waals surface area (Å²) in [6, 6.07) is 9.75. The molecule has 4 N–H and O–H groups in total. The summed E-state index contributed by atoms with van der Waals surface area (Å²) >= 11 is 1.74. The predicted molar refractivity (Wildman–Crippen MR) is 102 cm³/mol. The number of amides is 1. The molecule has 0 aliphatic heterocycles. The molecule has 7 heteroatoms. The summed E-state index contributed by atoms with van der Waals surface area (Å²) in [7, 11) is 1.77. The molecule has 2 rings (SSSR count). The number of hydrogen-bond donors (Lipinski definition) is 3. The molecule has 0 aliphatic carbocycles. The standard InChI is InChI=1S/C18H24N4O2S/c1-13-8-10-25-16(13)11-22-18(20-2)21-9-7-14-3-5-15(6-4-14)24-12-17(19)23/h3-6,8,10H,7,9,11-12H2,1-2H3,(H2,19,23)(H2,20,21,22). The molecule has 2 aromatic rings. The third kappa shape index (κ3) is 6.46. The first-order valence-corrected chi connectivity index (χ1v) is 8.94. The summed E-state index contributed by atoms with van der Waals surface area (Å²) in [6.07, 6.45) is 0.856. The maximum absolute atomic E-state index is 10.7. The second-order valence-corrected chi connectivity index (χ2v) is 6.53. The van der Waals surface area contributed by atoms with Crippen LogP contribution in [0.2, 0.25) is 0 Å². The van der Waals surface area contributed by atoms with Crippen molar-refractivity contribution < 1.29 is 9.53 Å². The number of benzene rings is 1. The molecule has 134 valence electrons. The molecule has 0 saturated carbocycles. The van der Waals surface area contributed by atoms with Crippen LogP contribution in [-0.2, 0) is 17.8 Å². The van der Waals surface area contributed by atoms with E-state index in [4.69, 9.17) is 10.5 Å². The molecular weight excluding hydrogens is 336 g/mol. The first kappa shape index (κ1) is 18.8. The van der Waals surface area contributed by atoms with E-state index in [1.165, 1.54) is 16.0 Å². The van der Waals surface area contributed by atoms with Gasteiger partial charge in [0.25, 0.3) is 5.91 Å². The lowest BCUT2D eigenvalue weighted by atomic mass is 10.1. The molecule has 0 saturated heterocycles. The largest absolute Gasteiger partial charge is 0.484 e. The van der Waals surface area contributed by atoms with Crippen molar-refractivity contribution in [2.24, 2.45) is 10.7 Å². The lowest BCUT2D eigenvalue weighted by Crippen LogP contribution is -2.37. The van der Waals surface area contributed by atoms with Crippen molar-refractivity contribution >= 4 is 23.2 Å². The van der Waals surface area contributed by atoms with Gasteiger partial charge >= 0.3 is 0 Å². The van der Waals surface area contributed by atoms with E-state index in [0.29, 0.717) is 5.75 Å². The van der Waals surface area contributed by atoms with Crippen molar-refractivity contribution in [3.8, 4) is 5.75 Å². The van der Waals surface area contributed by atoms with Gasteiger partial charge < -0.3 is 21.1 Å². The Morgan fingerprint density at radius 3 is 2.60 bits per heavy atom. The van der Waals surface area contributed by atoms with Crippen molar-refractivity contribution in [1.29, 1.82) is 0 Å². The van der Waals surface area contributed by atoms with E-state index >= 15 is 0 Å². The summed E-state index contributed by atoms with van der Waals surface area (Å²) < 4.78 is 5.24. The number of nitrogens with two attached hydrogens (primary N) is 1. The highest BCUT2D eigenvalue weighted by atomic mass is 32.1. The van der Waals surface area contributed by atoms with Crippen LogP contribution in [0.1, 0.15) is 16.0 Å². The molecule has 0 fully saturated rings. The van der Waals surface area contributed by atoms with E-state index in [9.17, 15) is 4.79 Å². The average molecular weight is 360 g/mol. The number of primary amides is 1. The van der Waals surface area contributed by atoms with Gasteiger partial charge in [-0.05, 0) is 48.1 Å². The number of rotatable bonds is 8. The Balaban J connectivity index is 1.73. The number of aliphatic imine (C=N–C) groups is 1. The van der Waals surface area contributed by atoms with Crippen molar-refractivity contribution in [2.75, 3.05) is 20.2 Å². The van der Waals surface area contributed by atoms with Gasteiger partial charge in [-0.1, -0.05) is 12.1 Å². The van der Waals surface area contributed by atoms with Crippen LogP contribution in [0.25, 0.3) is 0 Å². The van der Waals surface area contributed by atoms with E-state index in [1.807, 2.05) is 24.3 Å². The molecular formula is C18H24N4O2S. The van der Waals surface area contributed by atoms with Gasteiger partial charge in [-0.15, -0.1) is 11.3 Å². The number of aryl methyl sites for hydroxylation is 1. The number of carbonyl (C=O) groups excluding carboxylic acids is 1. The van der Waals surface area contributed by atoms with Crippen molar-refractivity contribution in [2.45, 2.75) is 19.9 Å². The second kappa shape index (κ2) is 9.68. The summed E-state index contributed by atoms with van der Waals surface area (Å²) in [4.78, 5) is 16.2. The molecule has 0 atom stereocenters. The third-order valence-corrected chi connectivity index (χ3v) is 4.64. The van der Waals surface area contributed by atoms with Crippen molar-refractivity contribution in [3.05, 3.63) is 51.7 Å². The van der Waals surface area contributed by atoms with Gasteiger partial charge in [0.1, 0.15) is 5.75 Å². The molecule has 0 unspecified atom stereocenters. The van der Waals surface area contributed by atoms with Gasteiger partial charge in [-0.2, -0.15) is 0 Å². The summed E-state index contributed by atoms with van der Waals surface area (Å²) in [5.41, 5.74) is 7.52. The van der Waals surface area contributed by atoms with Crippen LogP contribution < -0.4 is 21.1 Å². The molecule has 6 nitrogen and oxygen atoms in total. The number of hydrogen-bond acceptors (Lipinski definition) is 4. The molecule has 1 heterocycles. The molecule has 1 aromatic heterocycles. The number of nitrogens with one attached hydrogen (secondary N) is 2. The van der Waals surface area contributed by atoms with E-state index in [1.54, 1.807) is 18.4 Å². The van der Waals surface area contributed by atoms with Crippen molar-refractivity contribution in [1.82, 2.24) is 10.6 Å². The van der Waals surface area contributed by atoms with Crippen LogP contribution in [0.5, 0.6) is 5.75 Å². The minimum absolute atomic E-state index is 0.105. The zero-order valence-electron chi connectivity index (χ0n) is 14.5. The topological polar surface area (TPSA) is 88.7 Å². The number of ether oxygens (including phenoxy) is 1. The fourth-order valence-electron chi connectivity index (χ4n) is 2.20. The zero-order chi connectivity index (χ0) is 18.1. The molecule has 0 aliphatic rings. The summed E-state index contributed by atoms with van der Waals surface area (Å²) in [5.74, 6) is 0.943. The average Bonchev–Trinajstić information content (AvgIpc) is 3.02. The van der Waals surface area contributed by atoms with Gasteiger partial charge in [-0.3, -0.25) is 9.79 Å². The van der Waals surface area contributed by atoms with Gasteiger partial charge in [0.2, 0.25) is 0 Å². The van der Waals surface area contributed by atoms with Crippen LogP contribution in [0.4, 0.5) is 0 Å². The van der Waals surface area contributed by atoms with Crippen LogP contribution in [0, 0.1) is 6.92 Å². The Labute approximate surface area is 152 Å². The predicted octanol–water partition coefficient (Wildman–Crippen LogP) is 1.83. The van der Waals surface area contributed by atoms with Gasteiger partial charge in [-0.25, -0.2) is 0 Å². The Bertz CT molecular complexity index is 710. The highest BCUT2D eigenvalue weighted by Crippen LogP contribution is 2.14. The maximum Gasteiger partial charge on any atom is 0.255 e. The number of nitrogens with zero attached hydrogens (tertiary/aromatic N) is 1. The van der Waals surface area contributed by atoms with Gasteiger partial charge in [0.15, 0.2) is 12.6 Å². The normalized spacial score (nSPS) is 11.2. The molecule has 1 aromatic carbocycles. The zero-order valence-corrected chi connectivity index (χ0v) is 15.4. The smallest absolute Gasteiger partial charge is 0.255 e. The number of guanidine groups is 1. The minimum atomic E-state index is -0.482. The van der Waals surface area contributed by atoms with Crippen LogP contribution >= 0.6 is 11.3 Å². The van der Waals surface area contributed by atoms with Crippen LogP contribution in [0.15, 0.2) is 40.7 Å². The first-order chi connectivity index (χ1) is 12.1. The minimum Gasteiger partial charge on any atom is -0.484 e. The SMILES string of the molecule is CN=C(NCCc1ccc(OCC(N)=O)cc1)NCc1sccc1C. The highest BCUT2D eigenvalue weighted by Gasteiger charge is 2.03. The lowest BCUT2D eigenvalue weighted by Gasteiger charge is -2.12. The van der Waals surface area contributed by atoms with Crippen LogP contribution in [0.3, 0.4) is 0 Å². The molecule has 0 radical (unpaired) electrons. The Morgan fingerprint density at radius 1 is 1.24 bits per heavy atom. The van der Waals surface area contributed by atoms with E-state index in [0.717, 1.165) is 25.5 Å². The number of carbonyl (C=O) groups is 1. The fraction of sp³-hybridized carbons (Fsp3) is 0.333. The van der Waals surface area contributed by atoms with Crippen LogP contribution in [-0.4, -0.2) is 32.1 Å².